The number of aryl methyl sites for hydroxylation is 1. The van der Waals surface area contributed by atoms with Gasteiger partial charge in [0.1, 0.15) is 0 Å². The Morgan fingerprint density at radius 2 is 2.00 bits per heavy atom. The Labute approximate surface area is 225 Å². The number of rotatable bonds is 5. The molecule has 3 aromatic rings. The summed E-state index contributed by atoms with van der Waals surface area (Å²) in [5.74, 6) is -0.0463. The van der Waals surface area contributed by atoms with E-state index < -0.39 is 29.3 Å². The fourth-order valence-corrected chi connectivity index (χ4v) is 5.24. The number of carbonyl (C=O) groups excluding carboxylic acids is 1. The second-order valence-corrected chi connectivity index (χ2v) is 10.6. The normalized spacial score (nSPS) is 18.9. The third kappa shape index (κ3) is 5.55. The maximum Gasteiger partial charge on any atom is 0.417 e. The predicted octanol–water partition coefficient (Wildman–Crippen LogP) is 5.39. The molecule has 7 nitrogen and oxygen atoms in total. The van der Waals surface area contributed by atoms with E-state index in [4.69, 9.17) is 15.2 Å². The molecular weight excluding hydrogens is 505 g/mol. The van der Waals surface area contributed by atoms with Crippen LogP contribution in [0.5, 0.6) is 0 Å². The van der Waals surface area contributed by atoms with Crippen molar-refractivity contribution in [3.63, 3.8) is 0 Å². The molecule has 5 rings (SSSR count). The van der Waals surface area contributed by atoms with Gasteiger partial charge in [0, 0.05) is 48.9 Å². The molecule has 2 N–H and O–H groups in total. The molecule has 1 aliphatic heterocycles. The lowest BCUT2D eigenvalue weighted by molar-refractivity contribution is -0.137. The number of anilines is 1. The van der Waals surface area contributed by atoms with E-state index in [9.17, 15) is 18.0 Å². The first-order chi connectivity index (χ1) is 18.6. The molecule has 2 aromatic heterocycles. The number of amides is 1. The monoisotopic (exact) mass is 536 g/mol. The van der Waals surface area contributed by atoms with Crippen LogP contribution in [0, 0.1) is 18.3 Å². The third-order valence-corrected chi connectivity index (χ3v) is 7.53. The van der Waals surface area contributed by atoms with Crippen LogP contribution in [0.1, 0.15) is 83.5 Å². The Kier molecular flexibility index (Phi) is 7.21. The van der Waals surface area contributed by atoms with Gasteiger partial charge in [-0.3, -0.25) is 14.8 Å². The Morgan fingerprint density at radius 1 is 1.23 bits per heavy atom. The second kappa shape index (κ2) is 10.5. The van der Waals surface area contributed by atoms with Crippen LogP contribution in [-0.4, -0.2) is 41.6 Å². The van der Waals surface area contributed by atoms with Gasteiger partial charge >= 0.3 is 6.18 Å². The van der Waals surface area contributed by atoms with E-state index in [0.717, 1.165) is 72.5 Å². The first-order valence-corrected chi connectivity index (χ1v) is 13.3. The first kappa shape index (κ1) is 26.9. The van der Waals surface area contributed by atoms with Crippen molar-refractivity contribution >= 4 is 22.5 Å². The van der Waals surface area contributed by atoms with Crippen molar-refractivity contribution in [2.75, 3.05) is 24.5 Å². The molecule has 0 unspecified atom stereocenters. The van der Waals surface area contributed by atoms with E-state index in [1.165, 1.54) is 6.07 Å². The predicted molar refractivity (Wildman–Crippen MR) is 143 cm³/mol. The Bertz CT molecular complexity index is 1460. The largest absolute Gasteiger partial charge is 0.417 e. The molecule has 1 saturated carbocycles. The number of benzene rings is 1. The average molecular weight is 537 g/mol. The van der Waals surface area contributed by atoms with Gasteiger partial charge in [0.25, 0.3) is 5.91 Å². The molecule has 1 amide bonds. The molecule has 3 heterocycles. The van der Waals surface area contributed by atoms with Crippen LogP contribution in [0.3, 0.4) is 0 Å². The minimum atomic E-state index is -4.68. The van der Waals surface area contributed by atoms with Gasteiger partial charge in [-0.05, 0) is 63.8 Å². The smallest absolute Gasteiger partial charge is 0.369 e. The molecule has 0 bridgehead atoms. The number of aromatic nitrogens is 2. The topological polar surface area (TPSA) is 93.9 Å². The van der Waals surface area contributed by atoms with Crippen LogP contribution in [0.15, 0.2) is 30.5 Å². The summed E-state index contributed by atoms with van der Waals surface area (Å²) < 4.78 is 40.6. The Hall–Kier alpha value is -3.71. The minimum absolute atomic E-state index is 0.258. The maximum absolute atomic E-state index is 13.7. The zero-order valence-electron chi connectivity index (χ0n) is 22.2. The number of hydrogen-bond acceptors (Lipinski definition) is 6. The summed E-state index contributed by atoms with van der Waals surface area (Å²) in [7, 11) is 0. The summed E-state index contributed by atoms with van der Waals surface area (Å²) in [6.07, 6.45) is -0.0736. The van der Waals surface area contributed by atoms with E-state index in [0.29, 0.717) is 24.1 Å². The van der Waals surface area contributed by atoms with Gasteiger partial charge in [-0.15, -0.1) is 0 Å². The number of halogens is 3. The van der Waals surface area contributed by atoms with Crippen LogP contribution < -0.4 is 15.5 Å². The SMILES string of the molecule is Cc1cc2c(N3CCN[C@@H](C)CC3)c(C(=O)N[C@@H](C)c3ccc(C#N)c(C(F)(F)F)c3)cnc2c(C2CC2)n1. The highest BCUT2D eigenvalue weighted by atomic mass is 19.4. The number of pyridine rings is 2. The van der Waals surface area contributed by atoms with Crippen LogP contribution in [-0.2, 0) is 6.18 Å². The zero-order valence-corrected chi connectivity index (χ0v) is 22.2. The van der Waals surface area contributed by atoms with Gasteiger partial charge in [0.2, 0.25) is 0 Å². The van der Waals surface area contributed by atoms with Crippen LogP contribution in [0.4, 0.5) is 18.9 Å². The summed E-state index contributed by atoms with van der Waals surface area (Å²) in [6, 6.07) is 6.69. The summed E-state index contributed by atoms with van der Waals surface area (Å²) in [6.45, 7) is 7.91. The van der Waals surface area contributed by atoms with Crippen molar-refractivity contribution in [1.82, 2.24) is 20.6 Å². The molecule has 10 heteroatoms. The molecule has 2 fully saturated rings. The number of fused-ring (bicyclic) bond motifs is 1. The van der Waals surface area contributed by atoms with Crippen LogP contribution in [0.2, 0.25) is 0 Å². The Balaban J connectivity index is 1.55. The van der Waals surface area contributed by atoms with Gasteiger partial charge < -0.3 is 15.5 Å². The average Bonchev–Trinajstić information content (AvgIpc) is 3.75. The molecular formula is C29H31F3N6O. The van der Waals surface area contributed by atoms with Gasteiger partial charge in [0.05, 0.1) is 45.7 Å². The highest BCUT2D eigenvalue weighted by molar-refractivity contribution is 6.08. The van der Waals surface area contributed by atoms with E-state index in [1.54, 1.807) is 19.2 Å². The lowest BCUT2D eigenvalue weighted by Crippen LogP contribution is -2.33. The molecule has 1 aliphatic carbocycles. The third-order valence-electron chi connectivity index (χ3n) is 7.53. The lowest BCUT2D eigenvalue weighted by atomic mass is 9.99. The van der Waals surface area contributed by atoms with Gasteiger partial charge in [-0.2, -0.15) is 18.4 Å². The molecule has 1 aromatic carbocycles. The standard InChI is InChI=1S/C29H31F3N6O/c1-16-8-10-38(11-9-34-16)27-22-12-17(2)36-25(19-4-5-19)26(22)35-15-23(27)28(39)37-18(3)20-6-7-21(14-33)24(13-20)29(30,31)32/h6-7,12-13,15-16,18-19,34H,4-5,8-11H2,1-3H3,(H,37,39)/t16-,18-/m0/s1. The summed E-state index contributed by atoms with van der Waals surface area (Å²) in [5, 5.41) is 16.4. The van der Waals surface area contributed by atoms with Crippen molar-refractivity contribution in [3.8, 4) is 6.07 Å². The van der Waals surface area contributed by atoms with Crippen molar-refractivity contribution in [1.29, 1.82) is 5.26 Å². The molecule has 39 heavy (non-hydrogen) atoms. The van der Waals surface area contributed by atoms with Crippen LogP contribution >= 0.6 is 0 Å². The van der Waals surface area contributed by atoms with Gasteiger partial charge in [0.15, 0.2) is 0 Å². The molecule has 1 saturated heterocycles. The van der Waals surface area contributed by atoms with Crippen molar-refractivity contribution in [2.45, 2.75) is 64.2 Å². The van der Waals surface area contributed by atoms with E-state index in [-0.39, 0.29) is 5.56 Å². The van der Waals surface area contributed by atoms with Crippen molar-refractivity contribution in [2.24, 2.45) is 0 Å². The maximum atomic E-state index is 13.7. The summed E-state index contributed by atoms with van der Waals surface area (Å²) >= 11 is 0. The van der Waals surface area contributed by atoms with Crippen molar-refractivity contribution < 1.29 is 18.0 Å². The number of hydrogen-bond donors (Lipinski definition) is 2. The number of nitrogens with zero attached hydrogens (tertiary/aromatic N) is 4. The highest BCUT2D eigenvalue weighted by Crippen LogP contribution is 2.43. The molecule has 204 valence electrons. The summed E-state index contributed by atoms with van der Waals surface area (Å²) in [4.78, 5) is 25.4. The van der Waals surface area contributed by atoms with E-state index in [1.807, 2.05) is 13.0 Å². The van der Waals surface area contributed by atoms with Gasteiger partial charge in [-0.25, -0.2) is 0 Å². The molecule has 2 aliphatic rings. The zero-order chi connectivity index (χ0) is 27.9. The first-order valence-electron chi connectivity index (χ1n) is 13.3. The molecule has 0 radical (unpaired) electrons. The minimum Gasteiger partial charge on any atom is -0.369 e. The molecule has 2 atom stereocenters. The summed E-state index contributed by atoms with van der Waals surface area (Å²) in [5.41, 5.74) is 2.57. The van der Waals surface area contributed by atoms with E-state index >= 15 is 0 Å². The number of alkyl halides is 3. The highest BCUT2D eigenvalue weighted by Gasteiger charge is 2.35. The second-order valence-electron chi connectivity index (χ2n) is 10.6. The molecule has 0 spiro atoms. The number of carbonyl (C=O) groups is 1. The van der Waals surface area contributed by atoms with Crippen LogP contribution in [0.25, 0.3) is 10.9 Å². The number of nitriles is 1. The fraction of sp³-hybridized carbons (Fsp3) is 0.448. The quantitative estimate of drug-likeness (QED) is 0.455. The Morgan fingerprint density at radius 3 is 2.69 bits per heavy atom. The fourth-order valence-electron chi connectivity index (χ4n) is 5.24. The van der Waals surface area contributed by atoms with Crippen molar-refractivity contribution in [3.05, 3.63) is 64.1 Å². The number of nitrogens with one attached hydrogen (secondary N) is 2. The lowest BCUT2D eigenvalue weighted by Gasteiger charge is -2.27. The van der Waals surface area contributed by atoms with Gasteiger partial charge in [-0.1, -0.05) is 6.07 Å². The van der Waals surface area contributed by atoms with E-state index in [2.05, 4.69) is 22.5 Å².